The minimum Gasteiger partial charge on any atom is -0.506 e. The molecular formula is C13H11NO5. The molecule has 0 aliphatic heterocycles. The highest BCUT2D eigenvalue weighted by molar-refractivity contribution is 5.93. The molecule has 1 heterocycles. The molecule has 1 aromatic heterocycles. The van der Waals surface area contributed by atoms with Crippen molar-refractivity contribution in [1.29, 1.82) is 0 Å². The minimum absolute atomic E-state index is 0.0288. The Kier molecular flexibility index (Phi) is 3.61. The zero-order valence-corrected chi connectivity index (χ0v) is 9.87. The van der Waals surface area contributed by atoms with Crippen LogP contribution in [0.25, 0.3) is 11.0 Å². The van der Waals surface area contributed by atoms with Gasteiger partial charge in [0.25, 0.3) is 0 Å². The van der Waals surface area contributed by atoms with Gasteiger partial charge in [-0.05, 0) is 12.1 Å². The molecule has 0 fully saturated rings. The molecule has 0 aliphatic carbocycles. The molecule has 0 bridgehead atoms. The SMILES string of the molecule is O=C(O)CCN=Cc1c(O)c2ccccc2oc1=O. The van der Waals surface area contributed by atoms with Crippen LogP contribution in [0.1, 0.15) is 12.0 Å². The quantitative estimate of drug-likeness (QED) is 0.640. The molecule has 0 spiro atoms. The van der Waals surface area contributed by atoms with Crippen molar-refractivity contribution in [2.75, 3.05) is 6.54 Å². The molecule has 1 aromatic carbocycles. The van der Waals surface area contributed by atoms with Gasteiger partial charge in [0.15, 0.2) is 0 Å². The molecular weight excluding hydrogens is 250 g/mol. The van der Waals surface area contributed by atoms with Crippen LogP contribution < -0.4 is 5.63 Å². The van der Waals surface area contributed by atoms with E-state index in [1.807, 2.05) is 0 Å². The maximum Gasteiger partial charge on any atom is 0.348 e. The summed E-state index contributed by atoms with van der Waals surface area (Å²) in [6.45, 7) is 0.0288. The van der Waals surface area contributed by atoms with E-state index in [1.54, 1.807) is 24.3 Å². The van der Waals surface area contributed by atoms with Gasteiger partial charge in [0.1, 0.15) is 16.9 Å². The van der Waals surface area contributed by atoms with E-state index in [-0.39, 0.29) is 29.9 Å². The van der Waals surface area contributed by atoms with Crippen LogP contribution in [0, 0.1) is 0 Å². The normalized spacial score (nSPS) is 11.2. The Hall–Kier alpha value is -2.63. The summed E-state index contributed by atoms with van der Waals surface area (Å²) in [4.78, 5) is 25.7. The second-order valence-corrected chi connectivity index (χ2v) is 3.83. The van der Waals surface area contributed by atoms with Crippen molar-refractivity contribution >= 4 is 23.2 Å². The lowest BCUT2D eigenvalue weighted by atomic mass is 10.1. The van der Waals surface area contributed by atoms with Crippen LogP contribution in [-0.2, 0) is 4.79 Å². The van der Waals surface area contributed by atoms with Crippen molar-refractivity contribution in [3.8, 4) is 5.75 Å². The molecule has 0 aliphatic rings. The number of hydrogen-bond donors (Lipinski definition) is 2. The van der Waals surface area contributed by atoms with E-state index < -0.39 is 11.6 Å². The van der Waals surface area contributed by atoms with Crippen LogP contribution in [0.4, 0.5) is 0 Å². The Balaban J connectivity index is 2.38. The summed E-state index contributed by atoms with van der Waals surface area (Å²) in [5.41, 5.74) is -0.507. The van der Waals surface area contributed by atoms with Gasteiger partial charge in [0.2, 0.25) is 0 Å². The molecule has 0 amide bonds. The summed E-state index contributed by atoms with van der Waals surface area (Å²) >= 11 is 0. The van der Waals surface area contributed by atoms with Gasteiger partial charge in [0, 0.05) is 12.8 Å². The Bertz CT molecular complexity index is 702. The number of carboxylic acids is 1. The van der Waals surface area contributed by atoms with E-state index in [2.05, 4.69) is 4.99 Å². The Morgan fingerprint density at radius 2 is 2.11 bits per heavy atom. The predicted octanol–water partition coefficient (Wildman–Crippen LogP) is 1.39. The number of fused-ring (bicyclic) bond motifs is 1. The standard InChI is InChI=1S/C13H11NO5/c15-11(16)5-6-14-7-9-12(17)8-3-1-2-4-10(8)19-13(9)18/h1-4,7,17H,5-6H2,(H,15,16). The number of benzene rings is 1. The van der Waals surface area contributed by atoms with Crippen LogP contribution in [-0.4, -0.2) is 28.9 Å². The summed E-state index contributed by atoms with van der Waals surface area (Å²) in [6, 6.07) is 6.57. The third-order valence-electron chi connectivity index (χ3n) is 2.50. The van der Waals surface area contributed by atoms with Crippen LogP contribution in [0.2, 0.25) is 0 Å². The first-order valence-electron chi connectivity index (χ1n) is 5.56. The van der Waals surface area contributed by atoms with E-state index >= 15 is 0 Å². The van der Waals surface area contributed by atoms with Crippen LogP contribution >= 0.6 is 0 Å². The van der Waals surface area contributed by atoms with E-state index in [1.165, 1.54) is 0 Å². The fourth-order valence-corrected chi connectivity index (χ4v) is 1.58. The molecule has 6 nitrogen and oxygen atoms in total. The minimum atomic E-state index is -0.980. The number of carbonyl (C=O) groups is 1. The highest BCUT2D eigenvalue weighted by atomic mass is 16.4. The van der Waals surface area contributed by atoms with E-state index in [9.17, 15) is 14.7 Å². The second-order valence-electron chi connectivity index (χ2n) is 3.83. The van der Waals surface area contributed by atoms with Crippen molar-refractivity contribution in [3.05, 3.63) is 40.2 Å². The molecule has 2 N–H and O–H groups in total. The summed E-state index contributed by atoms with van der Waals surface area (Å²) < 4.78 is 5.03. The molecule has 0 saturated heterocycles. The number of para-hydroxylation sites is 1. The van der Waals surface area contributed by atoms with Crippen LogP contribution in [0.5, 0.6) is 5.75 Å². The fraction of sp³-hybridized carbons (Fsp3) is 0.154. The van der Waals surface area contributed by atoms with Crippen LogP contribution in [0.15, 0.2) is 38.5 Å². The van der Waals surface area contributed by atoms with Crippen molar-refractivity contribution < 1.29 is 19.4 Å². The number of aliphatic carboxylic acids is 1. The van der Waals surface area contributed by atoms with E-state index in [0.29, 0.717) is 5.39 Å². The average Bonchev–Trinajstić information content (AvgIpc) is 2.37. The maximum absolute atomic E-state index is 11.6. The molecule has 0 radical (unpaired) electrons. The van der Waals surface area contributed by atoms with Crippen molar-refractivity contribution in [2.45, 2.75) is 6.42 Å². The monoisotopic (exact) mass is 261 g/mol. The van der Waals surface area contributed by atoms with E-state index in [0.717, 1.165) is 6.21 Å². The summed E-state index contributed by atoms with van der Waals surface area (Å²) in [5, 5.41) is 18.8. The van der Waals surface area contributed by atoms with Crippen molar-refractivity contribution in [1.82, 2.24) is 0 Å². The molecule has 98 valence electrons. The number of nitrogens with zero attached hydrogens (tertiary/aromatic N) is 1. The lowest BCUT2D eigenvalue weighted by Crippen LogP contribution is -2.07. The molecule has 0 unspecified atom stereocenters. The zero-order chi connectivity index (χ0) is 13.8. The highest BCUT2D eigenvalue weighted by Gasteiger charge is 2.11. The third kappa shape index (κ3) is 2.79. The number of carboxylic acid groups (broad SMARTS) is 1. The number of rotatable bonds is 4. The first-order valence-corrected chi connectivity index (χ1v) is 5.56. The summed E-state index contributed by atoms with van der Waals surface area (Å²) in [5.74, 6) is -1.20. The summed E-state index contributed by atoms with van der Waals surface area (Å²) in [6.07, 6.45) is 0.993. The molecule has 2 aromatic rings. The fourth-order valence-electron chi connectivity index (χ4n) is 1.58. The zero-order valence-electron chi connectivity index (χ0n) is 9.87. The topological polar surface area (TPSA) is 100 Å². The molecule has 19 heavy (non-hydrogen) atoms. The van der Waals surface area contributed by atoms with Gasteiger partial charge in [-0.1, -0.05) is 12.1 Å². The van der Waals surface area contributed by atoms with Gasteiger partial charge < -0.3 is 14.6 Å². The third-order valence-corrected chi connectivity index (χ3v) is 2.50. The van der Waals surface area contributed by atoms with Gasteiger partial charge >= 0.3 is 11.6 Å². The maximum atomic E-state index is 11.6. The average molecular weight is 261 g/mol. The van der Waals surface area contributed by atoms with Gasteiger partial charge in [-0.2, -0.15) is 0 Å². The van der Waals surface area contributed by atoms with Gasteiger partial charge in [-0.15, -0.1) is 0 Å². The lowest BCUT2D eigenvalue weighted by Gasteiger charge is -2.01. The number of aliphatic imine (C=N–C) groups is 1. The highest BCUT2D eigenvalue weighted by Crippen LogP contribution is 2.24. The van der Waals surface area contributed by atoms with Crippen LogP contribution in [0.3, 0.4) is 0 Å². The second kappa shape index (κ2) is 5.34. The van der Waals surface area contributed by atoms with Gasteiger partial charge in [-0.25, -0.2) is 4.79 Å². The predicted molar refractivity (Wildman–Crippen MR) is 68.9 cm³/mol. The molecule has 0 atom stereocenters. The largest absolute Gasteiger partial charge is 0.506 e. The Morgan fingerprint density at radius 3 is 2.84 bits per heavy atom. The Morgan fingerprint density at radius 1 is 1.37 bits per heavy atom. The molecule has 6 heteroatoms. The molecule has 2 rings (SSSR count). The Labute approximate surface area is 107 Å². The summed E-state index contributed by atoms with van der Waals surface area (Å²) in [7, 11) is 0. The number of hydrogen-bond acceptors (Lipinski definition) is 5. The van der Waals surface area contributed by atoms with E-state index in [4.69, 9.17) is 9.52 Å². The lowest BCUT2D eigenvalue weighted by molar-refractivity contribution is -0.136. The van der Waals surface area contributed by atoms with Crippen molar-refractivity contribution in [2.24, 2.45) is 4.99 Å². The molecule has 0 saturated carbocycles. The van der Waals surface area contributed by atoms with Gasteiger partial charge in [0.05, 0.1) is 11.8 Å². The van der Waals surface area contributed by atoms with Gasteiger partial charge in [-0.3, -0.25) is 9.79 Å². The number of aromatic hydroxyl groups is 1. The first-order chi connectivity index (χ1) is 9.09. The first kappa shape index (κ1) is 12.8. The van der Waals surface area contributed by atoms with Crippen molar-refractivity contribution in [3.63, 3.8) is 0 Å². The smallest absolute Gasteiger partial charge is 0.348 e.